The Morgan fingerprint density at radius 1 is 0.941 bits per heavy atom. The van der Waals surface area contributed by atoms with Crippen molar-refractivity contribution in [1.29, 1.82) is 0 Å². The highest BCUT2D eigenvalue weighted by Crippen LogP contribution is 2.30. The van der Waals surface area contributed by atoms with Crippen LogP contribution < -0.4 is 5.32 Å². The fourth-order valence-corrected chi connectivity index (χ4v) is 4.63. The van der Waals surface area contributed by atoms with E-state index in [1.807, 2.05) is 55.0 Å². The number of hydrogen-bond donors (Lipinski definition) is 1. The van der Waals surface area contributed by atoms with Crippen LogP contribution in [0.25, 0.3) is 28.0 Å². The van der Waals surface area contributed by atoms with Crippen LogP contribution in [0.4, 0.5) is 5.13 Å². The molecule has 0 fully saturated rings. The summed E-state index contributed by atoms with van der Waals surface area (Å²) in [6.07, 6.45) is 9.63. The number of carbonyl (C=O) groups excluding carboxylic acids is 1. The van der Waals surface area contributed by atoms with Crippen LogP contribution in [0.5, 0.6) is 0 Å². The summed E-state index contributed by atoms with van der Waals surface area (Å²) in [7, 11) is 0. The highest BCUT2D eigenvalue weighted by atomic mass is 32.1. The van der Waals surface area contributed by atoms with Gasteiger partial charge in [0, 0.05) is 35.2 Å². The quantitative estimate of drug-likeness (QED) is 0.344. The summed E-state index contributed by atoms with van der Waals surface area (Å²) in [4.78, 5) is 26.7. The van der Waals surface area contributed by atoms with Crippen LogP contribution in [0, 0.1) is 0 Å². The lowest BCUT2D eigenvalue weighted by molar-refractivity contribution is -0.115. The molecule has 34 heavy (non-hydrogen) atoms. The molecule has 4 heterocycles. The van der Waals surface area contributed by atoms with E-state index < -0.39 is 0 Å². The van der Waals surface area contributed by atoms with E-state index in [1.165, 1.54) is 11.3 Å². The van der Waals surface area contributed by atoms with Gasteiger partial charge in [-0.05, 0) is 46.4 Å². The topological polar surface area (TPSA) is 72.2 Å². The van der Waals surface area contributed by atoms with E-state index in [0.717, 1.165) is 38.5 Å². The summed E-state index contributed by atoms with van der Waals surface area (Å²) >= 11 is 1.52. The Morgan fingerprint density at radius 2 is 1.71 bits per heavy atom. The van der Waals surface area contributed by atoms with Crippen molar-refractivity contribution < 1.29 is 4.79 Å². The van der Waals surface area contributed by atoms with Gasteiger partial charge in [-0.1, -0.05) is 45.0 Å². The maximum Gasteiger partial charge on any atom is 0.230 e. The van der Waals surface area contributed by atoms with Crippen molar-refractivity contribution in [1.82, 2.24) is 19.4 Å². The Bertz CT molecular complexity index is 1450. The predicted octanol–water partition coefficient (Wildman–Crippen LogP) is 6.00. The van der Waals surface area contributed by atoms with Crippen LogP contribution in [0.2, 0.25) is 0 Å². The standard InChI is InChI=1S/C27H25N5OS/c1-27(2,3)23-17-30-26(34-23)31-25(33)14-18-4-6-20(7-5-18)22-16-29-24-15-21(10-13-32(22)24)19-8-11-28-12-9-19/h4-13,15-17H,14H2,1-3H3,(H,30,31,33). The molecule has 0 unspecified atom stereocenters. The van der Waals surface area contributed by atoms with Gasteiger partial charge in [0.2, 0.25) is 5.91 Å². The van der Waals surface area contributed by atoms with Crippen LogP contribution in [0.3, 0.4) is 0 Å². The van der Waals surface area contributed by atoms with Crippen LogP contribution in [-0.2, 0) is 16.6 Å². The monoisotopic (exact) mass is 467 g/mol. The zero-order valence-corrected chi connectivity index (χ0v) is 20.1. The minimum absolute atomic E-state index is 0.0227. The van der Waals surface area contributed by atoms with Crippen molar-refractivity contribution in [3.8, 4) is 22.4 Å². The van der Waals surface area contributed by atoms with Gasteiger partial charge < -0.3 is 5.32 Å². The first-order chi connectivity index (χ1) is 16.4. The number of fused-ring (bicyclic) bond motifs is 1. The molecule has 0 radical (unpaired) electrons. The lowest BCUT2D eigenvalue weighted by Gasteiger charge is -2.14. The van der Waals surface area contributed by atoms with E-state index >= 15 is 0 Å². The molecule has 0 atom stereocenters. The molecule has 7 heteroatoms. The van der Waals surface area contributed by atoms with Crippen molar-refractivity contribution in [2.24, 2.45) is 0 Å². The maximum absolute atomic E-state index is 12.5. The highest BCUT2D eigenvalue weighted by molar-refractivity contribution is 7.15. The minimum atomic E-state index is -0.0685. The summed E-state index contributed by atoms with van der Waals surface area (Å²) in [5, 5.41) is 3.56. The Hall–Kier alpha value is -3.84. The molecule has 170 valence electrons. The number of thiazole rings is 1. The van der Waals surface area contributed by atoms with E-state index in [-0.39, 0.29) is 11.3 Å². The summed E-state index contributed by atoms with van der Waals surface area (Å²) in [6, 6.07) is 16.2. The third-order valence-corrected chi connectivity index (χ3v) is 6.97. The van der Waals surface area contributed by atoms with Gasteiger partial charge in [-0.2, -0.15) is 0 Å². The molecule has 5 aromatic rings. The number of pyridine rings is 2. The molecule has 0 saturated carbocycles. The molecule has 6 nitrogen and oxygen atoms in total. The molecule has 4 aromatic heterocycles. The molecule has 0 aliphatic heterocycles. The lowest BCUT2D eigenvalue weighted by Crippen LogP contribution is -2.14. The molecule has 1 aromatic carbocycles. The molecule has 5 rings (SSSR count). The number of benzene rings is 1. The molecule has 0 bridgehead atoms. The van der Waals surface area contributed by atoms with Gasteiger partial charge >= 0.3 is 0 Å². The van der Waals surface area contributed by atoms with Crippen LogP contribution in [-0.4, -0.2) is 25.3 Å². The summed E-state index contributed by atoms with van der Waals surface area (Å²) < 4.78 is 2.07. The van der Waals surface area contributed by atoms with Crippen molar-refractivity contribution in [2.75, 3.05) is 5.32 Å². The van der Waals surface area contributed by atoms with Gasteiger partial charge in [-0.25, -0.2) is 9.97 Å². The Balaban J connectivity index is 1.29. The number of aromatic nitrogens is 4. The second-order valence-corrected chi connectivity index (χ2v) is 10.3. The second-order valence-electron chi connectivity index (χ2n) is 9.22. The third kappa shape index (κ3) is 4.61. The van der Waals surface area contributed by atoms with E-state index in [2.05, 4.69) is 57.6 Å². The van der Waals surface area contributed by atoms with Gasteiger partial charge in [-0.15, -0.1) is 11.3 Å². The molecule has 0 aliphatic rings. The average molecular weight is 468 g/mol. The summed E-state index contributed by atoms with van der Waals surface area (Å²) in [5.74, 6) is -0.0685. The fourth-order valence-electron chi connectivity index (χ4n) is 3.74. The van der Waals surface area contributed by atoms with E-state index in [1.54, 1.807) is 12.4 Å². The van der Waals surface area contributed by atoms with Crippen molar-refractivity contribution in [3.63, 3.8) is 0 Å². The molecule has 1 N–H and O–H groups in total. The minimum Gasteiger partial charge on any atom is -0.302 e. The molecule has 0 aliphatic carbocycles. The van der Waals surface area contributed by atoms with Crippen molar-refractivity contribution in [2.45, 2.75) is 32.6 Å². The van der Waals surface area contributed by atoms with E-state index in [9.17, 15) is 4.79 Å². The number of hydrogen-bond acceptors (Lipinski definition) is 5. The first-order valence-corrected chi connectivity index (χ1v) is 11.9. The Labute approximate surface area is 202 Å². The zero-order valence-electron chi connectivity index (χ0n) is 19.3. The summed E-state index contributed by atoms with van der Waals surface area (Å²) in [6.45, 7) is 6.41. The number of carbonyl (C=O) groups is 1. The average Bonchev–Trinajstić information content (AvgIpc) is 3.47. The van der Waals surface area contributed by atoms with Crippen LogP contribution >= 0.6 is 11.3 Å². The van der Waals surface area contributed by atoms with Gasteiger partial charge in [0.1, 0.15) is 5.65 Å². The SMILES string of the molecule is CC(C)(C)c1cnc(NC(=O)Cc2ccc(-c3cnc4cc(-c5ccncc5)ccn34)cc2)s1. The predicted molar refractivity (Wildman–Crippen MR) is 137 cm³/mol. The zero-order chi connectivity index (χ0) is 23.7. The molecular weight excluding hydrogens is 442 g/mol. The van der Waals surface area contributed by atoms with Crippen molar-refractivity contribution >= 4 is 28.0 Å². The van der Waals surface area contributed by atoms with E-state index in [0.29, 0.717) is 11.6 Å². The molecule has 1 amide bonds. The first kappa shape index (κ1) is 22.0. The fraction of sp³-hybridized carbons (Fsp3) is 0.185. The molecule has 0 spiro atoms. The first-order valence-electron chi connectivity index (χ1n) is 11.1. The highest BCUT2D eigenvalue weighted by Gasteiger charge is 2.18. The molecular formula is C27H25N5OS. The number of nitrogens with zero attached hydrogens (tertiary/aromatic N) is 4. The third-order valence-electron chi connectivity index (χ3n) is 5.63. The maximum atomic E-state index is 12.5. The number of imidazole rings is 1. The number of rotatable bonds is 5. The lowest BCUT2D eigenvalue weighted by atomic mass is 9.96. The number of amides is 1. The van der Waals surface area contributed by atoms with Crippen LogP contribution in [0.1, 0.15) is 31.2 Å². The molecule has 0 saturated heterocycles. The van der Waals surface area contributed by atoms with Gasteiger partial charge in [0.15, 0.2) is 5.13 Å². The second kappa shape index (κ2) is 8.83. The smallest absolute Gasteiger partial charge is 0.230 e. The van der Waals surface area contributed by atoms with Gasteiger partial charge in [0.05, 0.1) is 18.3 Å². The Morgan fingerprint density at radius 3 is 2.41 bits per heavy atom. The van der Waals surface area contributed by atoms with Crippen LogP contribution in [0.15, 0.2) is 79.5 Å². The number of anilines is 1. The van der Waals surface area contributed by atoms with Crippen molar-refractivity contribution in [3.05, 3.63) is 90.0 Å². The number of nitrogens with one attached hydrogen (secondary N) is 1. The Kier molecular flexibility index (Phi) is 5.71. The van der Waals surface area contributed by atoms with Gasteiger partial charge in [-0.3, -0.25) is 14.2 Å². The normalized spacial score (nSPS) is 11.6. The van der Waals surface area contributed by atoms with E-state index in [4.69, 9.17) is 0 Å². The largest absolute Gasteiger partial charge is 0.302 e. The van der Waals surface area contributed by atoms with Gasteiger partial charge in [0.25, 0.3) is 0 Å². The summed E-state index contributed by atoms with van der Waals surface area (Å²) in [5.41, 5.74) is 6.11.